The summed E-state index contributed by atoms with van der Waals surface area (Å²) in [5, 5.41) is 10.4. The monoisotopic (exact) mass is 435 g/mol. The number of amides is 1. The number of fused-ring (bicyclic) bond motifs is 1. The Balaban J connectivity index is 1.37. The third-order valence-electron chi connectivity index (χ3n) is 5.65. The van der Waals surface area contributed by atoms with Gasteiger partial charge in [0.15, 0.2) is 10.6 Å². The smallest absolute Gasteiger partial charge is 0.245 e. The van der Waals surface area contributed by atoms with Crippen LogP contribution in [0, 0.1) is 4.77 Å². The minimum absolute atomic E-state index is 0.0551. The van der Waals surface area contributed by atoms with Crippen molar-refractivity contribution in [2.45, 2.75) is 19.4 Å². The first-order valence-corrected chi connectivity index (χ1v) is 11.2. The molecule has 1 aromatic carbocycles. The van der Waals surface area contributed by atoms with Gasteiger partial charge in [0, 0.05) is 35.8 Å². The fraction of sp³-hybridized carbons (Fsp3) is 0.227. The molecule has 1 atom stereocenters. The van der Waals surface area contributed by atoms with E-state index in [1.54, 1.807) is 11.3 Å². The zero-order valence-electron chi connectivity index (χ0n) is 16.5. The molecule has 4 heterocycles. The number of aromatic amines is 2. The summed E-state index contributed by atoms with van der Waals surface area (Å²) in [6, 6.07) is 11.8. The predicted molar refractivity (Wildman–Crippen MR) is 123 cm³/mol. The molecule has 6 nitrogen and oxygen atoms in total. The van der Waals surface area contributed by atoms with Crippen molar-refractivity contribution >= 4 is 45.9 Å². The summed E-state index contributed by atoms with van der Waals surface area (Å²) in [6.07, 6.45) is 5.06. The number of carbonyl (C=O) groups excluding carboxylic acids is 1. The Morgan fingerprint density at radius 2 is 2.13 bits per heavy atom. The van der Waals surface area contributed by atoms with Crippen LogP contribution in [0.15, 0.2) is 54.1 Å². The fourth-order valence-electron chi connectivity index (χ4n) is 4.07. The number of hydrogen-bond acceptors (Lipinski definition) is 4. The average Bonchev–Trinajstić information content (AvgIpc) is 3.52. The Morgan fingerprint density at radius 1 is 1.27 bits per heavy atom. The third kappa shape index (κ3) is 3.22. The summed E-state index contributed by atoms with van der Waals surface area (Å²) in [6.45, 7) is 3.18. The van der Waals surface area contributed by atoms with Crippen LogP contribution in [0.2, 0.25) is 0 Å². The highest BCUT2D eigenvalue weighted by Gasteiger charge is 2.27. The lowest BCUT2D eigenvalue weighted by atomic mass is 9.98. The van der Waals surface area contributed by atoms with Gasteiger partial charge in [-0.3, -0.25) is 14.5 Å². The van der Waals surface area contributed by atoms with E-state index in [0.717, 1.165) is 16.8 Å². The minimum Gasteiger partial charge on any atom is -0.361 e. The zero-order valence-corrected chi connectivity index (χ0v) is 18.1. The van der Waals surface area contributed by atoms with E-state index in [0.29, 0.717) is 23.7 Å². The van der Waals surface area contributed by atoms with Crippen LogP contribution in [0.5, 0.6) is 0 Å². The molecule has 8 heteroatoms. The fourth-order valence-corrected chi connectivity index (χ4v) is 5.07. The molecular weight excluding hydrogens is 414 g/mol. The SMILES string of the molecule is CC(C(=O)N1CC=C(c2c[nH]c3ccccc23)CC1)n1c(-c2cccs2)n[nH]c1=S. The van der Waals surface area contributed by atoms with Gasteiger partial charge in [0.05, 0.1) is 4.88 Å². The maximum Gasteiger partial charge on any atom is 0.245 e. The van der Waals surface area contributed by atoms with Crippen molar-refractivity contribution in [3.8, 4) is 10.7 Å². The van der Waals surface area contributed by atoms with Gasteiger partial charge >= 0.3 is 0 Å². The first-order valence-electron chi connectivity index (χ1n) is 9.88. The van der Waals surface area contributed by atoms with Gasteiger partial charge in [-0.2, -0.15) is 5.10 Å². The van der Waals surface area contributed by atoms with Gasteiger partial charge in [-0.05, 0) is 48.6 Å². The lowest BCUT2D eigenvalue weighted by Crippen LogP contribution is -2.39. The van der Waals surface area contributed by atoms with Crippen LogP contribution in [0.4, 0.5) is 0 Å². The Morgan fingerprint density at radius 3 is 2.90 bits per heavy atom. The van der Waals surface area contributed by atoms with Gasteiger partial charge in [0.1, 0.15) is 6.04 Å². The topological polar surface area (TPSA) is 69.7 Å². The van der Waals surface area contributed by atoms with Crippen molar-refractivity contribution in [1.29, 1.82) is 0 Å². The second-order valence-electron chi connectivity index (χ2n) is 7.39. The van der Waals surface area contributed by atoms with Gasteiger partial charge in [-0.15, -0.1) is 11.3 Å². The Labute approximate surface area is 182 Å². The van der Waals surface area contributed by atoms with E-state index in [2.05, 4.69) is 45.7 Å². The van der Waals surface area contributed by atoms with Gasteiger partial charge in [-0.1, -0.05) is 30.3 Å². The molecule has 4 aromatic rings. The second kappa shape index (κ2) is 7.70. The Kier molecular flexibility index (Phi) is 4.88. The summed E-state index contributed by atoms with van der Waals surface area (Å²) in [5.74, 6) is 0.766. The molecule has 1 aliphatic heterocycles. The largest absolute Gasteiger partial charge is 0.361 e. The molecule has 0 spiro atoms. The van der Waals surface area contributed by atoms with Crippen LogP contribution in [0.3, 0.4) is 0 Å². The Hall–Kier alpha value is -2.97. The summed E-state index contributed by atoms with van der Waals surface area (Å²) >= 11 is 7.01. The van der Waals surface area contributed by atoms with Gasteiger partial charge in [0.25, 0.3) is 0 Å². The molecule has 1 unspecified atom stereocenters. The lowest BCUT2D eigenvalue weighted by molar-refractivity contribution is -0.133. The van der Waals surface area contributed by atoms with Crippen molar-refractivity contribution in [2.75, 3.05) is 13.1 Å². The van der Waals surface area contributed by atoms with E-state index >= 15 is 0 Å². The number of carbonyl (C=O) groups is 1. The number of nitrogens with one attached hydrogen (secondary N) is 2. The number of thiophene rings is 1. The molecule has 152 valence electrons. The molecule has 3 aromatic heterocycles. The maximum atomic E-state index is 13.3. The molecule has 1 amide bonds. The number of H-pyrrole nitrogens is 2. The van der Waals surface area contributed by atoms with Crippen molar-refractivity contribution < 1.29 is 4.79 Å². The zero-order chi connectivity index (χ0) is 20.7. The molecule has 2 N–H and O–H groups in total. The van der Waals surface area contributed by atoms with Gasteiger partial charge in [-0.25, -0.2) is 0 Å². The molecule has 0 saturated carbocycles. The summed E-state index contributed by atoms with van der Waals surface area (Å²) in [7, 11) is 0. The average molecular weight is 436 g/mol. The van der Waals surface area contributed by atoms with Crippen LogP contribution in [-0.4, -0.2) is 43.6 Å². The predicted octanol–water partition coefficient (Wildman–Crippen LogP) is 5.03. The van der Waals surface area contributed by atoms with Crippen molar-refractivity contribution in [3.05, 3.63) is 64.4 Å². The molecule has 0 bridgehead atoms. The molecule has 1 aliphatic rings. The first-order chi connectivity index (χ1) is 14.6. The number of rotatable bonds is 4. The minimum atomic E-state index is -0.420. The Bertz CT molecular complexity index is 1290. The van der Waals surface area contributed by atoms with E-state index < -0.39 is 6.04 Å². The number of para-hydroxylation sites is 1. The van der Waals surface area contributed by atoms with E-state index in [1.165, 1.54) is 16.5 Å². The number of benzene rings is 1. The second-order valence-corrected chi connectivity index (χ2v) is 8.72. The highest BCUT2D eigenvalue weighted by molar-refractivity contribution is 7.71. The molecule has 0 fully saturated rings. The number of hydrogen-bond donors (Lipinski definition) is 2. The maximum absolute atomic E-state index is 13.3. The van der Waals surface area contributed by atoms with Crippen LogP contribution in [-0.2, 0) is 4.79 Å². The lowest BCUT2D eigenvalue weighted by Gasteiger charge is -2.29. The van der Waals surface area contributed by atoms with E-state index in [-0.39, 0.29) is 5.91 Å². The normalized spacial score (nSPS) is 15.4. The summed E-state index contributed by atoms with van der Waals surface area (Å²) in [4.78, 5) is 19.5. The molecule has 0 aliphatic carbocycles. The van der Waals surface area contributed by atoms with Crippen LogP contribution in [0.1, 0.15) is 24.9 Å². The molecule has 0 saturated heterocycles. The molecular formula is C22H21N5OS2. The molecule has 5 rings (SSSR count). The van der Waals surface area contributed by atoms with E-state index in [9.17, 15) is 4.79 Å². The van der Waals surface area contributed by atoms with Crippen LogP contribution < -0.4 is 0 Å². The first kappa shape index (κ1) is 19.0. The highest BCUT2D eigenvalue weighted by Crippen LogP contribution is 2.31. The quantitative estimate of drug-likeness (QED) is 0.442. The van der Waals surface area contributed by atoms with E-state index in [1.807, 2.05) is 40.0 Å². The van der Waals surface area contributed by atoms with Gasteiger partial charge < -0.3 is 9.88 Å². The summed E-state index contributed by atoms with van der Waals surface area (Å²) < 4.78 is 2.29. The molecule has 30 heavy (non-hydrogen) atoms. The standard InChI is InChI=1S/C22H21N5OS2/c1-14(27-20(24-25-22(27)29)19-7-4-12-30-19)21(28)26-10-8-15(9-11-26)17-13-23-18-6-3-2-5-16(17)18/h2-8,12-14,23H,9-11H2,1H3,(H,25,29). The third-order valence-corrected chi connectivity index (χ3v) is 6.80. The summed E-state index contributed by atoms with van der Waals surface area (Å²) in [5.41, 5.74) is 3.64. The van der Waals surface area contributed by atoms with Crippen LogP contribution >= 0.6 is 23.6 Å². The van der Waals surface area contributed by atoms with Crippen molar-refractivity contribution in [3.63, 3.8) is 0 Å². The molecule has 0 radical (unpaired) electrons. The van der Waals surface area contributed by atoms with Gasteiger partial charge in [0.2, 0.25) is 5.91 Å². The number of aromatic nitrogens is 4. The van der Waals surface area contributed by atoms with Crippen molar-refractivity contribution in [1.82, 2.24) is 24.6 Å². The highest BCUT2D eigenvalue weighted by atomic mass is 32.1. The number of nitrogens with zero attached hydrogens (tertiary/aromatic N) is 3. The van der Waals surface area contributed by atoms with E-state index in [4.69, 9.17) is 12.2 Å². The van der Waals surface area contributed by atoms with Crippen molar-refractivity contribution in [2.24, 2.45) is 0 Å². The van der Waals surface area contributed by atoms with Crippen LogP contribution in [0.25, 0.3) is 27.2 Å².